The van der Waals surface area contributed by atoms with Crippen LogP contribution in [0.2, 0.25) is 0 Å². The largest absolute Gasteiger partial charge is 0.481 e. The minimum Gasteiger partial charge on any atom is -0.481 e. The summed E-state index contributed by atoms with van der Waals surface area (Å²) in [5.41, 5.74) is 0. The maximum Gasteiger partial charge on any atom is 0.309 e. The summed E-state index contributed by atoms with van der Waals surface area (Å²) in [7, 11) is 0. The van der Waals surface area contributed by atoms with Crippen molar-refractivity contribution in [3.63, 3.8) is 0 Å². The first kappa shape index (κ1) is 24.5. The quantitative estimate of drug-likeness (QED) is 0.534. The molecular formula is C24H36O8. The molecule has 0 bridgehead atoms. The third-order valence-corrected chi connectivity index (χ3v) is 7.66. The third-order valence-electron chi connectivity index (χ3n) is 7.66. The first-order valence-electron chi connectivity index (χ1n) is 12.2. The molecule has 0 radical (unpaired) electrons. The maximum absolute atomic E-state index is 12.4. The molecule has 8 heteroatoms. The average molecular weight is 453 g/mol. The predicted octanol–water partition coefficient (Wildman–Crippen LogP) is 3.66. The second-order valence-corrected chi connectivity index (χ2v) is 9.82. The lowest BCUT2D eigenvalue weighted by Crippen LogP contribution is -2.35. The number of rotatable bonds is 8. The molecule has 0 aromatic heterocycles. The van der Waals surface area contributed by atoms with E-state index in [1.54, 1.807) is 0 Å². The molecule has 180 valence electrons. The van der Waals surface area contributed by atoms with Crippen LogP contribution in [0.5, 0.6) is 0 Å². The zero-order valence-corrected chi connectivity index (χ0v) is 18.7. The standard InChI is InChI=1S/C24H36O8/c25-21(26)17-5-1-3-7-19(17)23(29)31-13-15-9-11-16(12-10-15)14-32-24(30)20-8-4-2-6-18(20)22(27)28/h15-20H,1-14H2,(H,25,26)(H,27,28). The van der Waals surface area contributed by atoms with Crippen molar-refractivity contribution in [3.8, 4) is 0 Å². The van der Waals surface area contributed by atoms with Crippen molar-refractivity contribution >= 4 is 23.9 Å². The first-order valence-corrected chi connectivity index (χ1v) is 12.2. The van der Waals surface area contributed by atoms with Crippen LogP contribution in [0.1, 0.15) is 77.0 Å². The van der Waals surface area contributed by atoms with Gasteiger partial charge in [-0.05, 0) is 63.2 Å². The lowest BCUT2D eigenvalue weighted by Gasteiger charge is -2.31. The number of carbonyl (C=O) groups excluding carboxylic acids is 2. The summed E-state index contributed by atoms with van der Waals surface area (Å²) in [6, 6.07) is 0. The van der Waals surface area contributed by atoms with Gasteiger partial charge in [-0.15, -0.1) is 0 Å². The van der Waals surface area contributed by atoms with Gasteiger partial charge in [0.25, 0.3) is 0 Å². The third kappa shape index (κ3) is 6.45. The van der Waals surface area contributed by atoms with E-state index in [2.05, 4.69) is 0 Å². The van der Waals surface area contributed by atoms with Crippen LogP contribution in [0.3, 0.4) is 0 Å². The van der Waals surface area contributed by atoms with Gasteiger partial charge in [0.15, 0.2) is 0 Å². The lowest BCUT2D eigenvalue weighted by molar-refractivity contribution is -0.161. The summed E-state index contributed by atoms with van der Waals surface area (Å²) >= 11 is 0. The Morgan fingerprint density at radius 2 is 0.844 bits per heavy atom. The molecule has 0 heterocycles. The molecule has 2 N–H and O–H groups in total. The van der Waals surface area contributed by atoms with Crippen LogP contribution in [0.15, 0.2) is 0 Å². The highest BCUT2D eigenvalue weighted by molar-refractivity contribution is 5.82. The molecule has 0 aromatic rings. The molecule has 3 fully saturated rings. The van der Waals surface area contributed by atoms with Crippen molar-refractivity contribution in [1.82, 2.24) is 0 Å². The monoisotopic (exact) mass is 452 g/mol. The van der Waals surface area contributed by atoms with Crippen LogP contribution >= 0.6 is 0 Å². The van der Waals surface area contributed by atoms with E-state index in [9.17, 15) is 29.4 Å². The van der Waals surface area contributed by atoms with Gasteiger partial charge in [0, 0.05) is 0 Å². The van der Waals surface area contributed by atoms with Gasteiger partial charge >= 0.3 is 23.9 Å². The number of esters is 2. The molecule has 0 spiro atoms. The Morgan fingerprint density at radius 3 is 1.16 bits per heavy atom. The number of hydrogen-bond donors (Lipinski definition) is 2. The molecule has 4 atom stereocenters. The topological polar surface area (TPSA) is 127 Å². The lowest BCUT2D eigenvalue weighted by atomic mass is 9.79. The van der Waals surface area contributed by atoms with Gasteiger partial charge in [0.05, 0.1) is 36.9 Å². The minimum absolute atomic E-state index is 0.243. The van der Waals surface area contributed by atoms with Gasteiger partial charge in [0.1, 0.15) is 0 Å². The molecule has 0 aliphatic heterocycles. The normalized spacial score (nSPS) is 33.1. The van der Waals surface area contributed by atoms with E-state index in [4.69, 9.17) is 9.47 Å². The van der Waals surface area contributed by atoms with E-state index in [0.29, 0.717) is 38.9 Å². The summed E-state index contributed by atoms with van der Waals surface area (Å²) in [5, 5.41) is 18.7. The number of carbonyl (C=O) groups is 4. The molecule has 0 amide bonds. The van der Waals surface area contributed by atoms with E-state index in [0.717, 1.165) is 51.4 Å². The molecule has 3 aliphatic carbocycles. The fourth-order valence-electron chi connectivity index (χ4n) is 5.60. The number of carboxylic acids is 2. The summed E-state index contributed by atoms with van der Waals surface area (Å²) < 4.78 is 11.0. The van der Waals surface area contributed by atoms with Gasteiger partial charge in [-0.3, -0.25) is 19.2 Å². The minimum atomic E-state index is -0.912. The van der Waals surface area contributed by atoms with Crippen molar-refractivity contribution in [2.45, 2.75) is 77.0 Å². The number of hydrogen-bond acceptors (Lipinski definition) is 6. The van der Waals surface area contributed by atoms with Crippen molar-refractivity contribution in [3.05, 3.63) is 0 Å². The van der Waals surface area contributed by atoms with Gasteiger partial charge in [0.2, 0.25) is 0 Å². The molecule has 4 unspecified atom stereocenters. The second-order valence-electron chi connectivity index (χ2n) is 9.82. The summed E-state index contributed by atoms with van der Waals surface area (Å²) in [5.74, 6) is -4.44. The summed E-state index contributed by atoms with van der Waals surface area (Å²) in [4.78, 5) is 47.7. The number of aliphatic carboxylic acids is 2. The molecular weight excluding hydrogens is 416 g/mol. The zero-order chi connectivity index (χ0) is 23.1. The van der Waals surface area contributed by atoms with Crippen LogP contribution < -0.4 is 0 Å². The van der Waals surface area contributed by atoms with E-state index < -0.39 is 35.6 Å². The highest BCUT2D eigenvalue weighted by Gasteiger charge is 2.38. The van der Waals surface area contributed by atoms with E-state index in [-0.39, 0.29) is 23.8 Å². The van der Waals surface area contributed by atoms with E-state index >= 15 is 0 Å². The highest BCUT2D eigenvalue weighted by atomic mass is 16.5. The second kappa shape index (κ2) is 11.7. The number of carboxylic acid groups (broad SMARTS) is 2. The van der Waals surface area contributed by atoms with Crippen LogP contribution in [0.4, 0.5) is 0 Å². The molecule has 0 aromatic carbocycles. The Morgan fingerprint density at radius 1 is 0.531 bits per heavy atom. The highest BCUT2D eigenvalue weighted by Crippen LogP contribution is 2.34. The fraction of sp³-hybridized carbons (Fsp3) is 0.833. The Balaban J connectivity index is 1.36. The first-order chi connectivity index (χ1) is 15.4. The SMILES string of the molecule is O=C(O)C1CCCCC1C(=O)OCC1CCC(COC(=O)C2CCCCC2C(=O)O)CC1. The average Bonchev–Trinajstić information content (AvgIpc) is 2.81. The van der Waals surface area contributed by atoms with Crippen LogP contribution in [0.25, 0.3) is 0 Å². The van der Waals surface area contributed by atoms with Crippen molar-refractivity contribution in [1.29, 1.82) is 0 Å². The Kier molecular flexibility index (Phi) is 8.93. The van der Waals surface area contributed by atoms with Gasteiger partial charge in [-0.25, -0.2) is 0 Å². The van der Waals surface area contributed by atoms with Gasteiger partial charge in [-0.1, -0.05) is 25.7 Å². The van der Waals surface area contributed by atoms with Crippen LogP contribution in [-0.2, 0) is 28.7 Å². The molecule has 32 heavy (non-hydrogen) atoms. The van der Waals surface area contributed by atoms with Crippen LogP contribution in [-0.4, -0.2) is 47.3 Å². The van der Waals surface area contributed by atoms with Crippen molar-refractivity contribution in [2.24, 2.45) is 35.5 Å². The Bertz CT molecular complexity index is 623. The fourth-order valence-corrected chi connectivity index (χ4v) is 5.60. The smallest absolute Gasteiger partial charge is 0.309 e. The molecule has 3 saturated carbocycles. The molecule has 3 aliphatic rings. The summed E-state index contributed by atoms with van der Waals surface area (Å²) in [6.07, 6.45) is 9.10. The number of ether oxygens (including phenoxy) is 2. The van der Waals surface area contributed by atoms with Gasteiger partial charge < -0.3 is 19.7 Å². The predicted molar refractivity (Wildman–Crippen MR) is 114 cm³/mol. The summed E-state index contributed by atoms with van der Waals surface area (Å²) in [6.45, 7) is 0.632. The van der Waals surface area contributed by atoms with E-state index in [1.807, 2.05) is 0 Å². The zero-order valence-electron chi connectivity index (χ0n) is 18.7. The molecule has 0 saturated heterocycles. The van der Waals surface area contributed by atoms with Crippen LogP contribution in [0, 0.1) is 35.5 Å². The molecule has 3 rings (SSSR count). The van der Waals surface area contributed by atoms with Crippen molar-refractivity contribution < 1.29 is 38.9 Å². The van der Waals surface area contributed by atoms with E-state index in [1.165, 1.54) is 0 Å². The van der Waals surface area contributed by atoms with Gasteiger partial charge in [-0.2, -0.15) is 0 Å². The van der Waals surface area contributed by atoms with Crippen molar-refractivity contribution in [2.75, 3.05) is 13.2 Å². The Hall–Kier alpha value is -2.12. The Labute approximate surface area is 189 Å². The maximum atomic E-state index is 12.4. The molecule has 8 nitrogen and oxygen atoms in total.